The quantitative estimate of drug-likeness (QED) is 0.888. The molecule has 1 aromatic carbocycles. The average Bonchev–Trinajstić information content (AvgIpc) is 2.31. The van der Waals surface area contributed by atoms with Gasteiger partial charge in [-0.05, 0) is 60.1 Å². The summed E-state index contributed by atoms with van der Waals surface area (Å²) >= 11 is 0. The number of hydrogen-bond donors (Lipinski definition) is 1. The van der Waals surface area contributed by atoms with Crippen LogP contribution in [0.25, 0.3) is 0 Å². The number of anilines is 1. The van der Waals surface area contributed by atoms with Crippen molar-refractivity contribution >= 4 is 11.6 Å². The molecule has 3 heteroatoms. The van der Waals surface area contributed by atoms with E-state index < -0.39 is 0 Å². The van der Waals surface area contributed by atoms with Crippen LogP contribution in [-0.2, 0) is 4.79 Å². The van der Waals surface area contributed by atoms with E-state index in [1.165, 1.54) is 11.1 Å². The van der Waals surface area contributed by atoms with Crippen LogP contribution in [0, 0.1) is 13.8 Å². The Hall–Kier alpha value is -1.51. The molecular weight excluding hydrogens is 248 g/mol. The van der Waals surface area contributed by atoms with Crippen LogP contribution in [0.15, 0.2) is 18.2 Å². The highest BCUT2D eigenvalue weighted by Gasteiger charge is 2.25. The van der Waals surface area contributed by atoms with Crippen molar-refractivity contribution in [3.8, 4) is 0 Å². The Bertz CT molecular complexity index is 458. The Morgan fingerprint density at radius 2 is 1.60 bits per heavy atom. The molecule has 0 heterocycles. The fourth-order valence-corrected chi connectivity index (χ4v) is 2.60. The highest BCUT2D eigenvalue weighted by atomic mass is 16.2. The molecule has 0 radical (unpaired) electrons. The lowest BCUT2D eigenvalue weighted by Crippen LogP contribution is -2.48. The molecule has 0 fully saturated rings. The van der Waals surface area contributed by atoms with Crippen molar-refractivity contribution in [1.29, 1.82) is 0 Å². The molecule has 1 N–H and O–H groups in total. The van der Waals surface area contributed by atoms with Gasteiger partial charge in [-0.25, -0.2) is 0 Å². The van der Waals surface area contributed by atoms with E-state index in [2.05, 4.69) is 59.0 Å². The highest BCUT2D eigenvalue weighted by molar-refractivity contribution is 5.85. The first-order valence-corrected chi connectivity index (χ1v) is 7.40. The number of carbonyl (C=O) groups is 1. The molecule has 0 bridgehead atoms. The normalized spacial score (nSPS) is 12.7. The molecule has 0 saturated carbocycles. The van der Waals surface area contributed by atoms with Gasteiger partial charge < -0.3 is 10.2 Å². The van der Waals surface area contributed by atoms with Crippen LogP contribution in [0.3, 0.4) is 0 Å². The molecule has 1 aromatic rings. The Kier molecular flexibility index (Phi) is 5.61. The number of rotatable bonds is 5. The minimum atomic E-state index is -0.221. The van der Waals surface area contributed by atoms with Crippen molar-refractivity contribution in [2.24, 2.45) is 0 Å². The Balaban J connectivity index is 2.84. The van der Waals surface area contributed by atoms with Crippen LogP contribution in [0.2, 0.25) is 0 Å². The number of aryl methyl sites for hydroxylation is 2. The molecule has 0 aliphatic heterocycles. The molecule has 0 aromatic heterocycles. The molecule has 0 saturated heterocycles. The summed E-state index contributed by atoms with van der Waals surface area (Å²) in [5.74, 6) is 0.148. The summed E-state index contributed by atoms with van der Waals surface area (Å²) in [5, 5.41) is 3.34. The predicted molar refractivity (Wildman–Crippen MR) is 86.1 cm³/mol. The maximum atomic E-state index is 12.6. The lowest BCUT2D eigenvalue weighted by molar-refractivity contribution is -0.135. The standard InChI is InChI=1S/C17H28N2O/c1-11(2)19(12(3)4)17(20)15(7)18-16-9-8-13(5)10-14(16)6/h8-12,15,18H,1-7H3/t15-/m1/s1. The first-order chi connectivity index (χ1) is 9.23. The van der Waals surface area contributed by atoms with E-state index in [1.54, 1.807) is 0 Å². The van der Waals surface area contributed by atoms with Crippen molar-refractivity contribution in [2.45, 2.75) is 66.6 Å². The second kappa shape index (κ2) is 6.78. The third-order valence-corrected chi connectivity index (χ3v) is 3.49. The first kappa shape index (κ1) is 16.5. The molecule has 112 valence electrons. The van der Waals surface area contributed by atoms with Crippen molar-refractivity contribution in [3.05, 3.63) is 29.3 Å². The van der Waals surface area contributed by atoms with E-state index in [4.69, 9.17) is 0 Å². The summed E-state index contributed by atoms with van der Waals surface area (Å²) in [6, 6.07) is 6.44. The van der Waals surface area contributed by atoms with E-state index in [-0.39, 0.29) is 24.0 Å². The summed E-state index contributed by atoms with van der Waals surface area (Å²) < 4.78 is 0. The van der Waals surface area contributed by atoms with Gasteiger partial charge in [-0.2, -0.15) is 0 Å². The third kappa shape index (κ3) is 3.99. The lowest BCUT2D eigenvalue weighted by Gasteiger charge is -2.33. The molecule has 1 atom stereocenters. The number of carbonyl (C=O) groups excluding carboxylic acids is 1. The van der Waals surface area contributed by atoms with Crippen molar-refractivity contribution in [1.82, 2.24) is 4.90 Å². The summed E-state index contributed by atoms with van der Waals surface area (Å²) in [5.41, 5.74) is 3.44. The molecule has 0 aliphatic carbocycles. The van der Waals surface area contributed by atoms with Crippen molar-refractivity contribution < 1.29 is 4.79 Å². The summed E-state index contributed by atoms with van der Waals surface area (Å²) in [6.45, 7) is 14.3. The summed E-state index contributed by atoms with van der Waals surface area (Å²) in [6.07, 6.45) is 0. The molecule has 20 heavy (non-hydrogen) atoms. The molecule has 3 nitrogen and oxygen atoms in total. The maximum absolute atomic E-state index is 12.6. The van der Waals surface area contributed by atoms with Crippen LogP contribution in [0.4, 0.5) is 5.69 Å². The molecule has 0 aliphatic rings. The van der Waals surface area contributed by atoms with Crippen molar-refractivity contribution in [3.63, 3.8) is 0 Å². The van der Waals surface area contributed by atoms with Gasteiger partial charge in [0.05, 0.1) is 0 Å². The van der Waals surface area contributed by atoms with Crippen LogP contribution in [0.1, 0.15) is 45.7 Å². The molecule has 0 unspecified atom stereocenters. The van der Waals surface area contributed by atoms with Crippen LogP contribution < -0.4 is 5.32 Å². The van der Waals surface area contributed by atoms with E-state index in [0.717, 1.165) is 5.69 Å². The van der Waals surface area contributed by atoms with Crippen LogP contribution in [0.5, 0.6) is 0 Å². The van der Waals surface area contributed by atoms with E-state index in [9.17, 15) is 4.79 Å². The van der Waals surface area contributed by atoms with Gasteiger partial charge in [0.15, 0.2) is 0 Å². The zero-order valence-corrected chi connectivity index (χ0v) is 13.8. The third-order valence-electron chi connectivity index (χ3n) is 3.49. The Morgan fingerprint density at radius 3 is 2.05 bits per heavy atom. The van der Waals surface area contributed by atoms with Crippen LogP contribution in [-0.4, -0.2) is 28.9 Å². The highest BCUT2D eigenvalue weighted by Crippen LogP contribution is 2.18. The number of amides is 1. The van der Waals surface area contributed by atoms with Gasteiger partial charge in [-0.15, -0.1) is 0 Å². The minimum absolute atomic E-state index is 0.148. The fourth-order valence-electron chi connectivity index (χ4n) is 2.60. The average molecular weight is 276 g/mol. The first-order valence-electron chi connectivity index (χ1n) is 7.40. The number of nitrogens with zero attached hydrogens (tertiary/aromatic N) is 1. The monoisotopic (exact) mass is 276 g/mol. The van der Waals surface area contributed by atoms with Gasteiger partial charge >= 0.3 is 0 Å². The zero-order chi connectivity index (χ0) is 15.4. The lowest BCUT2D eigenvalue weighted by atomic mass is 10.1. The van der Waals surface area contributed by atoms with E-state index in [1.807, 2.05) is 17.9 Å². The number of benzene rings is 1. The van der Waals surface area contributed by atoms with Gasteiger partial charge in [0.25, 0.3) is 0 Å². The molecular formula is C17H28N2O. The maximum Gasteiger partial charge on any atom is 0.245 e. The summed E-state index contributed by atoms with van der Waals surface area (Å²) in [7, 11) is 0. The fraction of sp³-hybridized carbons (Fsp3) is 0.588. The van der Waals surface area contributed by atoms with E-state index in [0.29, 0.717) is 0 Å². The molecule has 0 spiro atoms. The second-order valence-electron chi connectivity index (χ2n) is 6.12. The van der Waals surface area contributed by atoms with Crippen LogP contribution >= 0.6 is 0 Å². The second-order valence-corrected chi connectivity index (χ2v) is 6.12. The Morgan fingerprint density at radius 1 is 1.05 bits per heavy atom. The van der Waals surface area contributed by atoms with E-state index >= 15 is 0 Å². The van der Waals surface area contributed by atoms with Gasteiger partial charge in [-0.1, -0.05) is 17.7 Å². The minimum Gasteiger partial charge on any atom is -0.374 e. The predicted octanol–water partition coefficient (Wildman–Crippen LogP) is 3.75. The number of hydrogen-bond acceptors (Lipinski definition) is 2. The Labute approximate surface area is 123 Å². The largest absolute Gasteiger partial charge is 0.374 e. The van der Waals surface area contributed by atoms with Gasteiger partial charge in [0, 0.05) is 17.8 Å². The van der Waals surface area contributed by atoms with Gasteiger partial charge in [-0.3, -0.25) is 4.79 Å². The molecule has 1 rings (SSSR count). The van der Waals surface area contributed by atoms with Crippen molar-refractivity contribution in [2.75, 3.05) is 5.32 Å². The number of nitrogens with one attached hydrogen (secondary N) is 1. The SMILES string of the molecule is Cc1ccc(N[C@H](C)C(=O)N(C(C)C)C(C)C)c(C)c1. The van der Waals surface area contributed by atoms with Gasteiger partial charge in [0.1, 0.15) is 6.04 Å². The summed E-state index contributed by atoms with van der Waals surface area (Å²) in [4.78, 5) is 14.5. The molecule has 1 amide bonds. The topological polar surface area (TPSA) is 32.3 Å². The smallest absolute Gasteiger partial charge is 0.245 e. The zero-order valence-electron chi connectivity index (χ0n) is 13.8. The van der Waals surface area contributed by atoms with Gasteiger partial charge in [0.2, 0.25) is 5.91 Å².